The lowest BCUT2D eigenvalue weighted by Crippen LogP contribution is -2.12. The fraction of sp³-hybridized carbons (Fsp3) is 0.500. The van der Waals surface area contributed by atoms with Crippen molar-refractivity contribution in [3.63, 3.8) is 0 Å². The Labute approximate surface area is 114 Å². The van der Waals surface area contributed by atoms with Crippen LogP contribution >= 0.6 is 11.8 Å². The van der Waals surface area contributed by atoms with Crippen molar-refractivity contribution < 1.29 is 4.74 Å². The fourth-order valence-electron chi connectivity index (χ4n) is 1.47. The van der Waals surface area contributed by atoms with E-state index in [4.69, 9.17) is 15.9 Å². The number of hydrogen-bond acceptors (Lipinski definition) is 3. The molecular formula is C14H22N2OS. The summed E-state index contributed by atoms with van der Waals surface area (Å²) in [5.74, 6) is 2.49. The van der Waals surface area contributed by atoms with Crippen LogP contribution in [-0.4, -0.2) is 18.2 Å². The summed E-state index contributed by atoms with van der Waals surface area (Å²) >= 11 is 1.90. The van der Waals surface area contributed by atoms with Crippen molar-refractivity contribution in [2.75, 3.05) is 7.11 Å². The first-order valence-electron chi connectivity index (χ1n) is 6.08. The quantitative estimate of drug-likeness (QED) is 0.614. The van der Waals surface area contributed by atoms with Crippen molar-refractivity contribution in [1.29, 1.82) is 5.41 Å². The lowest BCUT2D eigenvalue weighted by molar-refractivity contribution is 0.411. The average Bonchev–Trinajstić information content (AvgIpc) is 2.35. The highest BCUT2D eigenvalue weighted by molar-refractivity contribution is 7.99. The maximum absolute atomic E-state index is 7.47. The molecule has 1 aromatic rings. The third-order valence-corrected chi connectivity index (χ3v) is 4.58. The van der Waals surface area contributed by atoms with Crippen LogP contribution in [0.15, 0.2) is 18.2 Å². The summed E-state index contributed by atoms with van der Waals surface area (Å²) < 4.78 is 5.35. The highest BCUT2D eigenvalue weighted by Gasteiger charge is 2.11. The molecule has 0 heterocycles. The SMILES string of the molecule is COc1ccc(C(=N)N)cc1CSC(C)C(C)C. The van der Waals surface area contributed by atoms with Crippen molar-refractivity contribution in [2.24, 2.45) is 11.7 Å². The van der Waals surface area contributed by atoms with Gasteiger partial charge in [-0.3, -0.25) is 5.41 Å². The summed E-state index contributed by atoms with van der Waals surface area (Å²) in [7, 11) is 1.67. The minimum Gasteiger partial charge on any atom is -0.496 e. The molecule has 0 bridgehead atoms. The van der Waals surface area contributed by atoms with E-state index in [1.807, 2.05) is 30.0 Å². The lowest BCUT2D eigenvalue weighted by atomic mass is 10.1. The average molecular weight is 266 g/mol. The zero-order valence-electron chi connectivity index (χ0n) is 11.5. The molecule has 100 valence electrons. The van der Waals surface area contributed by atoms with Gasteiger partial charge in [0.25, 0.3) is 0 Å². The van der Waals surface area contributed by atoms with Gasteiger partial charge in [0.1, 0.15) is 11.6 Å². The minimum absolute atomic E-state index is 0.0980. The third-order valence-electron chi connectivity index (χ3n) is 3.03. The molecule has 0 amide bonds. The van der Waals surface area contributed by atoms with E-state index in [-0.39, 0.29) is 5.84 Å². The van der Waals surface area contributed by atoms with Crippen molar-refractivity contribution in [1.82, 2.24) is 0 Å². The van der Waals surface area contributed by atoms with Gasteiger partial charge < -0.3 is 10.5 Å². The van der Waals surface area contributed by atoms with Gasteiger partial charge in [0.05, 0.1) is 7.11 Å². The Kier molecular flexibility index (Phi) is 5.54. The second kappa shape index (κ2) is 6.69. The summed E-state index contributed by atoms with van der Waals surface area (Å²) in [5.41, 5.74) is 7.37. The highest BCUT2D eigenvalue weighted by atomic mass is 32.2. The van der Waals surface area contributed by atoms with Gasteiger partial charge in [0.15, 0.2) is 0 Å². The molecule has 0 aliphatic carbocycles. The normalized spacial score (nSPS) is 12.5. The summed E-state index contributed by atoms with van der Waals surface area (Å²) in [6.07, 6.45) is 0. The Morgan fingerprint density at radius 1 is 1.39 bits per heavy atom. The third kappa shape index (κ3) is 3.95. The van der Waals surface area contributed by atoms with Crippen molar-refractivity contribution in [2.45, 2.75) is 31.8 Å². The summed E-state index contributed by atoms with van der Waals surface area (Å²) in [6.45, 7) is 6.68. The predicted molar refractivity (Wildman–Crippen MR) is 79.6 cm³/mol. The summed E-state index contributed by atoms with van der Waals surface area (Å²) in [4.78, 5) is 0. The monoisotopic (exact) mass is 266 g/mol. The Morgan fingerprint density at radius 3 is 2.56 bits per heavy atom. The van der Waals surface area contributed by atoms with Crippen molar-refractivity contribution in [3.05, 3.63) is 29.3 Å². The number of benzene rings is 1. The standard InChI is InChI=1S/C14H22N2OS/c1-9(2)10(3)18-8-12-7-11(14(15)16)5-6-13(12)17-4/h5-7,9-10H,8H2,1-4H3,(H3,15,16). The van der Waals surface area contributed by atoms with E-state index in [9.17, 15) is 0 Å². The van der Waals surface area contributed by atoms with Gasteiger partial charge in [-0.1, -0.05) is 20.8 Å². The van der Waals surface area contributed by atoms with Crippen LogP contribution in [0.2, 0.25) is 0 Å². The molecule has 0 aliphatic rings. The molecule has 0 aliphatic heterocycles. The van der Waals surface area contributed by atoms with Gasteiger partial charge in [-0.2, -0.15) is 11.8 Å². The summed E-state index contributed by atoms with van der Waals surface area (Å²) in [5, 5.41) is 8.07. The molecule has 3 nitrogen and oxygen atoms in total. The predicted octanol–water partition coefficient (Wildman–Crippen LogP) is 3.26. The van der Waals surface area contributed by atoms with Crippen LogP contribution in [0.4, 0.5) is 0 Å². The second-order valence-electron chi connectivity index (χ2n) is 4.70. The zero-order chi connectivity index (χ0) is 13.7. The van der Waals surface area contributed by atoms with Crippen LogP contribution in [0.1, 0.15) is 31.9 Å². The minimum atomic E-state index is 0.0980. The van der Waals surface area contributed by atoms with Crippen LogP contribution in [0.5, 0.6) is 5.75 Å². The molecule has 18 heavy (non-hydrogen) atoms. The molecule has 3 N–H and O–H groups in total. The number of methoxy groups -OCH3 is 1. The van der Waals surface area contributed by atoms with Crippen LogP contribution in [-0.2, 0) is 5.75 Å². The van der Waals surface area contributed by atoms with Crippen molar-refractivity contribution >= 4 is 17.6 Å². The number of nitrogens with two attached hydrogens (primary N) is 1. The first kappa shape index (κ1) is 14.9. The van der Waals surface area contributed by atoms with E-state index in [1.54, 1.807) is 7.11 Å². The second-order valence-corrected chi connectivity index (χ2v) is 6.07. The van der Waals surface area contributed by atoms with Gasteiger partial charge >= 0.3 is 0 Å². The highest BCUT2D eigenvalue weighted by Crippen LogP contribution is 2.28. The van der Waals surface area contributed by atoms with E-state index in [2.05, 4.69) is 20.8 Å². The molecule has 1 unspecified atom stereocenters. The maximum atomic E-state index is 7.47. The van der Waals surface area contributed by atoms with Crippen LogP contribution in [0, 0.1) is 11.3 Å². The fourth-order valence-corrected chi connectivity index (χ4v) is 2.53. The van der Waals surface area contributed by atoms with E-state index >= 15 is 0 Å². The molecular weight excluding hydrogens is 244 g/mol. The molecule has 1 rings (SSSR count). The molecule has 4 heteroatoms. The van der Waals surface area contributed by atoms with E-state index < -0.39 is 0 Å². The molecule has 1 aromatic carbocycles. The Hall–Kier alpha value is -1.16. The molecule has 0 spiro atoms. The molecule has 0 saturated heterocycles. The number of thioether (sulfide) groups is 1. The topological polar surface area (TPSA) is 59.1 Å². The van der Waals surface area contributed by atoms with Gasteiger partial charge in [-0.15, -0.1) is 0 Å². The number of rotatable bonds is 6. The number of amidine groups is 1. The van der Waals surface area contributed by atoms with Gasteiger partial charge in [0, 0.05) is 22.1 Å². The van der Waals surface area contributed by atoms with E-state index in [0.717, 1.165) is 22.6 Å². The Bertz CT molecular complexity index is 418. The molecule has 1 atom stereocenters. The first-order chi connectivity index (χ1) is 8.45. The molecule has 0 saturated carbocycles. The van der Waals surface area contributed by atoms with Crippen molar-refractivity contribution in [3.8, 4) is 5.75 Å². The van der Waals surface area contributed by atoms with Gasteiger partial charge in [-0.25, -0.2) is 0 Å². The number of nitrogens with one attached hydrogen (secondary N) is 1. The number of hydrogen-bond donors (Lipinski definition) is 2. The van der Waals surface area contributed by atoms with Crippen LogP contribution in [0.3, 0.4) is 0 Å². The Morgan fingerprint density at radius 2 is 2.06 bits per heavy atom. The van der Waals surface area contributed by atoms with E-state index in [1.165, 1.54) is 0 Å². The lowest BCUT2D eigenvalue weighted by Gasteiger charge is -2.16. The zero-order valence-corrected chi connectivity index (χ0v) is 12.3. The molecule has 0 radical (unpaired) electrons. The van der Waals surface area contributed by atoms with E-state index in [0.29, 0.717) is 11.2 Å². The number of ether oxygens (including phenoxy) is 1. The van der Waals surface area contributed by atoms with Gasteiger partial charge in [-0.05, 0) is 24.1 Å². The van der Waals surface area contributed by atoms with Crippen LogP contribution < -0.4 is 10.5 Å². The number of nitrogen functional groups attached to an aromatic ring is 1. The first-order valence-corrected chi connectivity index (χ1v) is 7.13. The smallest absolute Gasteiger partial charge is 0.122 e. The Balaban J connectivity index is 2.84. The maximum Gasteiger partial charge on any atom is 0.122 e. The summed E-state index contributed by atoms with van der Waals surface area (Å²) in [6, 6.07) is 5.65. The molecule has 0 fully saturated rings. The molecule has 0 aromatic heterocycles. The van der Waals surface area contributed by atoms with Crippen LogP contribution in [0.25, 0.3) is 0 Å². The van der Waals surface area contributed by atoms with Gasteiger partial charge in [0.2, 0.25) is 0 Å². The largest absolute Gasteiger partial charge is 0.496 e.